The molecule has 0 aromatic heterocycles. The SMILES string of the molecule is [C-]#[N+]c1cccc(N(c2ccccc2)c2ccc3cc4c(cc3c2)C2(c3ccccc3-c3ccccc32)c2cc3ccccc3cc2-4)c1. The van der Waals surface area contributed by atoms with Gasteiger partial charge in [0.15, 0.2) is 5.69 Å². The molecule has 0 saturated heterocycles. The Morgan fingerprint density at radius 2 is 0.917 bits per heavy atom. The van der Waals surface area contributed by atoms with E-state index in [1.165, 1.54) is 66.1 Å². The van der Waals surface area contributed by atoms with Gasteiger partial charge < -0.3 is 4.90 Å². The van der Waals surface area contributed by atoms with E-state index in [-0.39, 0.29) is 0 Å². The molecule has 8 aromatic carbocycles. The number of anilines is 3. The van der Waals surface area contributed by atoms with Gasteiger partial charge in [0.25, 0.3) is 0 Å². The van der Waals surface area contributed by atoms with Gasteiger partial charge in [-0.3, -0.25) is 0 Å². The normalized spacial score (nSPS) is 13.1. The molecule has 0 radical (unpaired) electrons. The number of rotatable bonds is 3. The second kappa shape index (κ2) is 10.0. The summed E-state index contributed by atoms with van der Waals surface area (Å²) in [4.78, 5) is 5.98. The monoisotopic (exact) mass is 608 g/mol. The van der Waals surface area contributed by atoms with E-state index >= 15 is 0 Å². The van der Waals surface area contributed by atoms with Crippen molar-refractivity contribution in [2.45, 2.75) is 5.41 Å². The predicted octanol–water partition coefficient (Wildman–Crippen LogP) is 12.4. The summed E-state index contributed by atoms with van der Waals surface area (Å²) in [7, 11) is 0. The van der Waals surface area contributed by atoms with Crippen LogP contribution in [0.25, 0.3) is 48.6 Å². The first-order chi connectivity index (χ1) is 23.7. The van der Waals surface area contributed by atoms with E-state index in [1.54, 1.807) is 0 Å². The van der Waals surface area contributed by atoms with Gasteiger partial charge in [0, 0.05) is 17.1 Å². The van der Waals surface area contributed by atoms with Gasteiger partial charge in [0.05, 0.1) is 12.0 Å². The van der Waals surface area contributed by atoms with Gasteiger partial charge in [0.2, 0.25) is 0 Å². The fourth-order valence-corrected chi connectivity index (χ4v) is 8.42. The Kier molecular flexibility index (Phi) is 5.59. The highest BCUT2D eigenvalue weighted by Gasteiger charge is 2.51. The Balaban J connectivity index is 1.27. The number of hydrogen-bond donors (Lipinski definition) is 0. The maximum absolute atomic E-state index is 7.66. The molecular weight excluding hydrogens is 581 g/mol. The van der Waals surface area contributed by atoms with E-state index < -0.39 is 5.41 Å². The second-order valence-electron chi connectivity index (χ2n) is 12.8. The van der Waals surface area contributed by atoms with E-state index in [0.29, 0.717) is 5.69 Å². The summed E-state index contributed by atoms with van der Waals surface area (Å²) < 4.78 is 0. The van der Waals surface area contributed by atoms with Crippen LogP contribution in [0.3, 0.4) is 0 Å². The highest BCUT2D eigenvalue weighted by Crippen LogP contribution is 2.63. The van der Waals surface area contributed by atoms with Crippen LogP contribution in [0.2, 0.25) is 0 Å². The molecule has 10 rings (SSSR count). The standard InChI is InChI=1S/C46H28N2/c1-47-34-14-11-17-36(29-34)48(35-15-3-2-4-16-35)37-23-22-32-26-41-40-25-30-12-5-6-13-31(30)27-44(40)46(45(41)28-33(32)24-37)42-20-9-7-18-38(42)39-19-8-10-21-43(39)46/h2-29H. The molecule has 0 heterocycles. The lowest BCUT2D eigenvalue weighted by Gasteiger charge is -2.31. The molecule has 0 atom stereocenters. The summed E-state index contributed by atoms with van der Waals surface area (Å²) in [5.74, 6) is 0. The highest BCUT2D eigenvalue weighted by molar-refractivity contribution is 6.04. The molecule has 0 N–H and O–H groups in total. The van der Waals surface area contributed by atoms with Gasteiger partial charge in [-0.1, -0.05) is 109 Å². The molecule has 2 aliphatic carbocycles. The van der Waals surface area contributed by atoms with Gasteiger partial charge in [-0.15, -0.1) is 0 Å². The lowest BCUT2D eigenvalue weighted by atomic mass is 9.70. The summed E-state index contributed by atoms with van der Waals surface area (Å²) in [6, 6.07) is 61.5. The lowest BCUT2D eigenvalue weighted by molar-refractivity contribution is 0.796. The van der Waals surface area contributed by atoms with Crippen molar-refractivity contribution < 1.29 is 0 Å². The molecule has 8 aromatic rings. The number of para-hydroxylation sites is 1. The van der Waals surface area contributed by atoms with Crippen molar-refractivity contribution in [3.05, 3.63) is 204 Å². The van der Waals surface area contributed by atoms with Crippen LogP contribution in [0.5, 0.6) is 0 Å². The molecular formula is C46H28N2. The maximum atomic E-state index is 7.66. The number of hydrogen-bond acceptors (Lipinski definition) is 1. The zero-order valence-corrected chi connectivity index (χ0v) is 26.1. The fraction of sp³-hybridized carbons (Fsp3) is 0.0217. The van der Waals surface area contributed by atoms with Crippen LogP contribution in [0, 0.1) is 6.57 Å². The van der Waals surface area contributed by atoms with Crippen molar-refractivity contribution in [2.75, 3.05) is 4.90 Å². The average molecular weight is 609 g/mol. The van der Waals surface area contributed by atoms with Crippen molar-refractivity contribution >= 4 is 44.3 Å². The lowest BCUT2D eigenvalue weighted by Crippen LogP contribution is -2.25. The Hall–Kier alpha value is -6.43. The van der Waals surface area contributed by atoms with Crippen molar-refractivity contribution in [2.24, 2.45) is 0 Å². The van der Waals surface area contributed by atoms with Crippen LogP contribution in [-0.2, 0) is 5.41 Å². The Morgan fingerprint density at radius 1 is 0.375 bits per heavy atom. The second-order valence-corrected chi connectivity index (χ2v) is 12.8. The number of fused-ring (bicyclic) bond motifs is 12. The van der Waals surface area contributed by atoms with Gasteiger partial charge in [-0.2, -0.15) is 0 Å². The Morgan fingerprint density at radius 3 is 1.60 bits per heavy atom. The van der Waals surface area contributed by atoms with E-state index in [4.69, 9.17) is 6.57 Å². The smallest absolute Gasteiger partial charge is 0.189 e. The van der Waals surface area contributed by atoms with Crippen LogP contribution in [0.1, 0.15) is 22.3 Å². The van der Waals surface area contributed by atoms with Crippen molar-refractivity contribution in [3.8, 4) is 22.3 Å². The van der Waals surface area contributed by atoms with Crippen LogP contribution >= 0.6 is 0 Å². The van der Waals surface area contributed by atoms with Gasteiger partial charge in [-0.05, 0) is 127 Å². The van der Waals surface area contributed by atoms with Gasteiger partial charge in [0.1, 0.15) is 0 Å². The molecule has 0 fully saturated rings. The minimum absolute atomic E-state index is 0.421. The first kappa shape index (κ1) is 26.8. The first-order valence-corrected chi connectivity index (χ1v) is 16.4. The predicted molar refractivity (Wildman–Crippen MR) is 199 cm³/mol. The van der Waals surface area contributed by atoms with Crippen LogP contribution < -0.4 is 4.90 Å². The van der Waals surface area contributed by atoms with E-state index in [0.717, 1.165) is 17.1 Å². The summed E-state index contributed by atoms with van der Waals surface area (Å²) in [5.41, 5.74) is 13.9. The zero-order chi connectivity index (χ0) is 31.8. The third kappa shape index (κ3) is 3.62. The molecule has 1 spiro atoms. The zero-order valence-electron chi connectivity index (χ0n) is 26.1. The minimum atomic E-state index is -0.421. The molecule has 222 valence electrons. The number of nitrogens with zero attached hydrogens (tertiary/aromatic N) is 2. The molecule has 2 nitrogen and oxygen atoms in total. The first-order valence-electron chi connectivity index (χ1n) is 16.4. The summed E-state index contributed by atoms with van der Waals surface area (Å²) in [5, 5.41) is 4.91. The third-order valence-electron chi connectivity index (χ3n) is 10.4. The molecule has 0 aliphatic heterocycles. The van der Waals surface area contributed by atoms with Crippen LogP contribution in [0.15, 0.2) is 170 Å². The fourth-order valence-electron chi connectivity index (χ4n) is 8.42. The summed E-state index contributed by atoms with van der Waals surface area (Å²) in [6.07, 6.45) is 0. The molecule has 0 saturated carbocycles. The van der Waals surface area contributed by atoms with Crippen molar-refractivity contribution in [1.29, 1.82) is 0 Å². The topological polar surface area (TPSA) is 7.60 Å². The van der Waals surface area contributed by atoms with E-state index in [1.807, 2.05) is 24.3 Å². The molecule has 0 bridgehead atoms. The summed E-state index contributed by atoms with van der Waals surface area (Å²) >= 11 is 0. The van der Waals surface area contributed by atoms with Crippen molar-refractivity contribution in [3.63, 3.8) is 0 Å². The largest absolute Gasteiger partial charge is 0.312 e. The average Bonchev–Trinajstić information content (AvgIpc) is 3.60. The van der Waals surface area contributed by atoms with Crippen LogP contribution in [0.4, 0.5) is 22.7 Å². The van der Waals surface area contributed by atoms with Gasteiger partial charge >= 0.3 is 0 Å². The molecule has 2 heteroatoms. The Bertz CT molecular complexity index is 2600. The van der Waals surface area contributed by atoms with Crippen molar-refractivity contribution in [1.82, 2.24) is 0 Å². The quantitative estimate of drug-likeness (QED) is 0.181. The van der Waals surface area contributed by atoms with Crippen LogP contribution in [-0.4, -0.2) is 0 Å². The number of benzene rings is 8. The van der Waals surface area contributed by atoms with E-state index in [9.17, 15) is 0 Å². The summed E-state index contributed by atoms with van der Waals surface area (Å²) in [6.45, 7) is 7.66. The van der Waals surface area contributed by atoms with E-state index in [2.05, 4.69) is 155 Å². The highest BCUT2D eigenvalue weighted by atomic mass is 15.1. The maximum Gasteiger partial charge on any atom is 0.189 e. The minimum Gasteiger partial charge on any atom is -0.312 e. The molecule has 48 heavy (non-hydrogen) atoms. The Labute approximate surface area is 279 Å². The molecule has 2 aliphatic rings. The van der Waals surface area contributed by atoms with Gasteiger partial charge in [-0.25, -0.2) is 4.85 Å². The molecule has 0 unspecified atom stereocenters. The third-order valence-corrected chi connectivity index (χ3v) is 10.4. The molecule has 0 amide bonds.